The summed E-state index contributed by atoms with van der Waals surface area (Å²) in [5.41, 5.74) is 6.20. The summed E-state index contributed by atoms with van der Waals surface area (Å²) in [5, 5.41) is 12.4. The van der Waals surface area contributed by atoms with E-state index in [-0.39, 0.29) is 11.2 Å². The van der Waals surface area contributed by atoms with E-state index in [1.165, 1.54) is 5.56 Å². The summed E-state index contributed by atoms with van der Waals surface area (Å²) < 4.78 is 3.74. The highest BCUT2D eigenvalue weighted by atomic mass is 32.2. The molecule has 1 aliphatic rings. The van der Waals surface area contributed by atoms with E-state index in [1.54, 1.807) is 11.8 Å². The van der Waals surface area contributed by atoms with E-state index in [9.17, 15) is 4.79 Å². The molecule has 4 rings (SSSR count). The van der Waals surface area contributed by atoms with Crippen molar-refractivity contribution in [3.63, 3.8) is 0 Å². The van der Waals surface area contributed by atoms with Crippen LogP contribution in [0.5, 0.6) is 0 Å². The van der Waals surface area contributed by atoms with Crippen LogP contribution in [0.25, 0.3) is 5.69 Å². The number of rotatable bonds is 2. The third-order valence-corrected chi connectivity index (χ3v) is 6.07. The molecule has 1 N–H and O–H groups in total. The largest absolute Gasteiger partial charge is 0.310 e. The zero-order chi connectivity index (χ0) is 18.4. The van der Waals surface area contributed by atoms with Gasteiger partial charge >= 0.3 is 0 Å². The molecule has 0 radical (unpaired) electrons. The molecule has 3 aromatic rings. The van der Waals surface area contributed by atoms with Gasteiger partial charge in [-0.3, -0.25) is 9.48 Å². The van der Waals surface area contributed by atoms with Crippen molar-refractivity contribution in [3.05, 3.63) is 58.5 Å². The van der Waals surface area contributed by atoms with Crippen LogP contribution in [0, 0.1) is 20.8 Å². The number of anilines is 1. The minimum atomic E-state index is -0.00460. The SMILES string of the molecule is Cc1nn(C)c(C)c1[C@@H]1SCC(=O)Nc2c1c(C)nn2-c1ccccc1. The van der Waals surface area contributed by atoms with E-state index in [1.807, 2.05) is 60.6 Å². The summed E-state index contributed by atoms with van der Waals surface area (Å²) in [5.74, 6) is 1.16. The molecule has 3 heterocycles. The first-order valence-electron chi connectivity index (χ1n) is 8.54. The first-order chi connectivity index (χ1) is 12.5. The minimum Gasteiger partial charge on any atom is -0.310 e. The van der Waals surface area contributed by atoms with Crippen LogP contribution in [0.4, 0.5) is 5.82 Å². The number of carbonyl (C=O) groups excluding carboxylic acids is 1. The molecule has 2 aromatic heterocycles. The summed E-state index contributed by atoms with van der Waals surface area (Å²) in [6, 6.07) is 9.90. The Hall–Kier alpha value is -2.54. The molecule has 6 nitrogen and oxygen atoms in total. The van der Waals surface area contributed by atoms with E-state index in [2.05, 4.69) is 17.3 Å². The van der Waals surface area contributed by atoms with Crippen LogP contribution in [-0.4, -0.2) is 31.2 Å². The summed E-state index contributed by atoms with van der Waals surface area (Å²) in [4.78, 5) is 12.4. The van der Waals surface area contributed by atoms with E-state index in [4.69, 9.17) is 5.10 Å². The van der Waals surface area contributed by atoms with Crippen LogP contribution < -0.4 is 5.32 Å². The lowest BCUT2D eigenvalue weighted by Gasteiger charge is -2.16. The Labute approximate surface area is 156 Å². The number of thioether (sulfide) groups is 1. The van der Waals surface area contributed by atoms with Gasteiger partial charge in [0.25, 0.3) is 0 Å². The van der Waals surface area contributed by atoms with Crippen molar-refractivity contribution >= 4 is 23.5 Å². The second-order valence-electron chi connectivity index (χ2n) is 6.54. The highest BCUT2D eigenvalue weighted by molar-refractivity contribution is 8.00. The van der Waals surface area contributed by atoms with Crippen LogP contribution in [0.1, 0.15) is 33.5 Å². The number of para-hydroxylation sites is 1. The fraction of sp³-hybridized carbons (Fsp3) is 0.316. The fourth-order valence-corrected chi connectivity index (χ4v) is 4.88. The Kier molecular flexibility index (Phi) is 4.11. The van der Waals surface area contributed by atoms with Gasteiger partial charge in [0.05, 0.1) is 28.1 Å². The number of benzene rings is 1. The lowest BCUT2D eigenvalue weighted by molar-refractivity contribution is -0.113. The van der Waals surface area contributed by atoms with Crippen molar-refractivity contribution in [2.45, 2.75) is 26.0 Å². The summed E-state index contributed by atoms with van der Waals surface area (Å²) in [6.45, 7) is 6.11. The van der Waals surface area contributed by atoms with Gasteiger partial charge in [-0.2, -0.15) is 10.2 Å². The van der Waals surface area contributed by atoms with Gasteiger partial charge in [-0.15, -0.1) is 11.8 Å². The molecule has 0 fully saturated rings. The van der Waals surface area contributed by atoms with Gasteiger partial charge in [-0.05, 0) is 32.9 Å². The predicted octanol–water partition coefficient (Wildman–Crippen LogP) is 3.31. The standard InChI is InChI=1S/C19H21N5OS/c1-11-16(13(3)23(4)21-11)18-17-12(2)22-24(14-8-6-5-7-9-14)19(17)20-15(25)10-26-18/h5-9,18H,10H2,1-4H3,(H,20,25)/t18-/m0/s1. The van der Waals surface area contributed by atoms with Crippen LogP contribution in [-0.2, 0) is 11.8 Å². The van der Waals surface area contributed by atoms with Crippen molar-refractivity contribution in [2.24, 2.45) is 7.05 Å². The van der Waals surface area contributed by atoms with E-state index in [0.717, 1.165) is 34.2 Å². The van der Waals surface area contributed by atoms with Gasteiger partial charge in [-0.25, -0.2) is 4.68 Å². The van der Waals surface area contributed by atoms with Gasteiger partial charge in [0.15, 0.2) is 0 Å². The Morgan fingerprint density at radius 2 is 1.77 bits per heavy atom. The number of hydrogen-bond donors (Lipinski definition) is 1. The molecule has 1 aromatic carbocycles. The van der Waals surface area contributed by atoms with Crippen molar-refractivity contribution < 1.29 is 4.79 Å². The lowest BCUT2D eigenvalue weighted by atomic mass is 10.0. The molecule has 0 spiro atoms. The topological polar surface area (TPSA) is 64.7 Å². The Bertz CT molecular complexity index is 989. The molecule has 0 bridgehead atoms. The van der Waals surface area contributed by atoms with Gasteiger partial charge in [0.1, 0.15) is 5.82 Å². The first kappa shape index (κ1) is 16.9. The zero-order valence-electron chi connectivity index (χ0n) is 15.3. The second-order valence-corrected chi connectivity index (χ2v) is 7.64. The highest BCUT2D eigenvalue weighted by Gasteiger charge is 2.33. The highest BCUT2D eigenvalue weighted by Crippen LogP contribution is 2.45. The molecule has 0 saturated carbocycles. The molecular weight excluding hydrogens is 346 g/mol. The van der Waals surface area contributed by atoms with Gasteiger partial charge in [-0.1, -0.05) is 18.2 Å². The monoisotopic (exact) mass is 367 g/mol. The Morgan fingerprint density at radius 1 is 1.08 bits per heavy atom. The van der Waals surface area contributed by atoms with Gasteiger partial charge in [0.2, 0.25) is 5.91 Å². The number of carbonyl (C=O) groups is 1. The number of fused-ring (bicyclic) bond motifs is 1. The minimum absolute atomic E-state index is 0.00460. The molecular formula is C19H21N5OS. The van der Waals surface area contributed by atoms with Crippen molar-refractivity contribution in [1.29, 1.82) is 0 Å². The number of aromatic nitrogens is 4. The zero-order valence-corrected chi connectivity index (χ0v) is 16.1. The third-order valence-electron chi connectivity index (χ3n) is 4.84. The van der Waals surface area contributed by atoms with Crippen LogP contribution in [0.3, 0.4) is 0 Å². The Balaban J connectivity index is 1.94. The Morgan fingerprint density at radius 3 is 2.42 bits per heavy atom. The van der Waals surface area contributed by atoms with Gasteiger partial charge < -0.3 is 5.32 Å². The molecule has 0 unspecified atom stereocenters. The van der Waals surface area contributed by atoms with Crippen LogP contribution in [0.2, 0.25) is 0 Å². The van der Waals surface area contributed by atoms with E-state index < -0.39 is 0 Å². The molecule has 0 aliphatic carbocycles. The second kappa shape index (κ2) is 6.32. The van der Waals surface area contributed by atoms with E-state index >= 15 is 0 Å². The number of nitrogens with zero attached hydrogens (tertiary/aromatic N) is 4. The van der Waals surface area contributed by atoms with Crippen LogP contribution >= 0.6 is 11.8 Å². The number of aryl methyl sites for hydroxylation is 3. The fourth-order valence-electron chi connectivity index (χ4n) is 3.54. The molecule has 0 saturated heterocycles. The van der Waals surface area contributed by atoms with Crippen LogP contribution in [0.15, 0.2) is 30.3 Å². The average molecular weight is 367 g/mol. The normalized spacial score (nSPS) is 16.9. The van der Waals surface area contributed by atoms with E-state index in [0.29, 0.717) is 5.75 Å². The number of amides is 1. The smallest absolute Gasteiger partial charge is 0.235 e. The lowest BCUT2D eigenvalue weighted by Crippen LogP contribution is -2.15. The van der Waals surface area contributed by atoms with Crippen molar-refractivity contribution in [1.82, 2.24) is 19.6 Å². The quantitative estimate of drug-likeness (QED) is 0.755. The average Bonchev–Trinajstić information content (AvgIpc) is 2.99. The predicted molar refractivity (Wildman–Crippen MR) is 104 cm³/mol. The van der Waals surface area contributed by atoms with Crippen molar-refractivity contribution in [2.75, 3.05) is 11.1 Å². The number of nitrogens with one attached hydrogen (secondary N) is 1. The maximum atomic E-state index is 12.4. The molecule has 26 heavy (non-hydrogen) atoms. The first-order valence-corrected chi connectivity index (χ1v) is 9.58. The maximum Gasteiger partial charge on any atom is 0.235 e. The molecule has 7 heteroatoms. The maximum absolute atomic E-state index is 12.4. The third kappa shape index (κ3) is 2.63. The van der Waals surface area contributed by atoms with Gasteiger partial charge in [0, 0.05) is 23.9 Å². The summed E-state index contributed by atoms with van der Waals surface area (Å²) in [7, 11) is 1.96. The molecule has 1 amide bonds. The van der Waals surface area contributed by atoms with Crippen molar-refractivity contribution in [3.8, 4) is 5.69 Å². The summed E-state index contributed by atoms with van der Waals surface area (Å²) >= 11 is 1.63. The molecule has 1 aliphatic heterocycles. The molecule has 1 atom stereocenters. The number of hydrogen-bond acceptors (Lipinski definition) is 4. The molecule has 134 valence electrons. The summed E-state index contributed by atoms with van der Waals surface area (Å²) in [6.07, 6.45) is 0.